The maximum atomic E-state index is 11.5. The van der Waals surface area contributed by atoms with Gasteiger partial charge in [0.2, 0.25) is 0 Å². The molecular formula is C12H14BrClO3. The number of ether oxygens (including phenoxy) is 2. The van der Waals surface area contributed by atoms with Gasteiger partial charge in [0.15, 0.2) is 0 Å². The summed E-state index contributed by atoms with van der Waals surface area (Å²) >= 11 is 9.43. The summed E-state index contributed by atoms with van der Waals surface area (Å²) in [6.45, 7) is 2.14. The van der Waals surface area contributed by atoms with Gasteiger partial charge in [0, 0.05) is 10.9 Å². The van der Waals surface area contributed by atoms with Crippen molar-refractivity contribution in [3.8, 4) is 5.75 Å². The molecular weight excluding hydrogens is 307 g/mol. The molecule has 0 fully saturated rings. The van der Waals surface area contributed by atoms with Crippen molar-refractivity contribution in [2.24, 2.45) is 0 Å². The first-order valence-corrected chi connectivity index (χ1v) is 6.69. The van der Waals surface area contributed by atoms with Crippen molar-refractivity contribution in [3.05, 3.63) is 28.3 Å². The SMILES string of the molecule is CCOC(=O)Cc1cc(CBr)cc(Cl)c1OC. The fourth-order valence-corrected chi connectivity index (χ4v) is 2.18. The lowest BCUT2D eigenvalue weighted by Gasteiger charge is -2.11. The van der Waals surface area contributed by atoms with Gasteiger partial charge in [-0.25, -0.2) is 0 Å². The summed E-state index contributed by atoms with van der Waals surface area (Å²) < 4.78 is 10.1. The summed E-state index contributed by atoms with van der Waals surface area (Å²) in [5, 5.41) is 1.18. The van der Waals surface area contributed by atoms with Crippen LogP contribution in [-0.4, -0.2) is 19.7 Å². The van der Waals surface area contributed by atoms with E-state index < -0.39 is 0 Å². The molecule has 0 heterocycles. The summed E-state index contributed by atoms with van der Waals surface area (Å²) in [4.78, 5) is 11.5. The molecule has 94 valence electrons. The highest BCUT2D eigenvalue weighted by atomic mass is 79.9. The van der Waals surface area contributed by atoms with Crippen LogP contribution in [0.25, 0.3) is 0 Å². The van der Waals surface area contributed by atoms with Crippen LogP contribution in [-0.2, 0) is 21.3 Å². The molecule has 0 aliphatic heterocycles. The minimum Gasteiger partial charge on any atom is -0.495 e. The average molecular weight is 322 g/mol. The second kappa shape index (κ2) is 6.87. The van der Waals surface area contributed by atoms with Crippen molar-refractivity contribution in [3.63, 3.8) is 0 Å². The van der Waals surface area contributed by atoms with E-state index in [1.54, 1.807) is 6.92 Å². The molecule has 3 nitrogen and oxygen atoms in total. The Kier molecular flexibility index (Phi) is 5.78. The van der Waals surface area contributed by atoms with E-state index in [4.69, 9.17) is 21.1 Å². The Hall–Kier alpha value is -0.740. The van der Waals surface area contributed by atoms with Crippen LogP contribution < -0.4 is 4.74 Å². The predicted molar refractivity (Wildman–Crippen MR) is 71.0 cm³/mol. The van der Waals surface area contributed by atoms with Crippen molar-refractivity contribution >= 4 is 33.5 Å². The van der Waals surface area contributed by atoms with Crippen LogP contribution in [0.2, 0.25) is 5.02 Å². The monoisotopic (exact) mass is 320 g/mol. The van der Waals surface area contributed by atoms with Crippen LogP contribution in [0.5, 0.6) is 5.75 Å². The van der Waals surface area contributed by atoms with Crippen LogP contribution in [0, 0.1) is 0 Å². The second-order valence-corrected chi connectivity index (χ2v) is 4.35. The minimum atomic E-state index is -0.284. The maximum absolute atomic E-state index is 11.5. The number of rotatable bonds is 5. The molecule has 0 saturated heterocycles. The van der Waals surface area contributed by atoms with Gasteiger partial charge in [0.1, 0.15) is 5.75 Å². The molecule has 0 atom stereocenters. The number of hydrogen-bond acceptors (Lipinski definition) is 3. The molecule has 0 saturated carbocycles. The van der Waals surface area contributed by atoms with E-state index in [9.17, 15) is 4.79 Å². The molecule has 1 rings (SSSR count). The average Bonchev–Trinajstić information content (AvgIpc) is 2.28. The molecule has 0 spiro atoms. The van der Waals surface area contributed by atoms with Gasteiger partial charge in [-0.05, 0) is 18.6 Å². The standard InChI is InChI=1S/C12H14BrClO3/c1-3-17-11(15)6-9-4-8(7-13)5-10(14)12(9)16-2/h4-5H,3,6-7H2,1-2H3. The predicted octanol–water partition coefficient (Wildman–Crippen LogP) is 3.35. The van der Waals surface area contributed by atoms with Gasteiger partial charge >= 0.3 is 5.97 Å². The van der Waals surface area contributed by atoms with Crippen LogP contribution in [0.3, 0.4) is 0 Å². The fourth-order valence-electron chi connectivity index (χ4n) is 1.52. The number of hydrogen-bond donors (Lipinski definition) is 0. The third-order valence-electron chi connectivity index (χ3n) is 2.18. The molecule has 5 heteroatoms. The van der Waals surface area contributed by atoms with E-state index in [0.29, 0.717) is 22.7 Å². The number of carbonyl (C=O) groups excluding carboxylic acids is 1. The highest BCUT2D eigenvalue weighted by molar-refractivity contribution is 9.08. The lowest BCUT2D eigenvalue weighted by molar-refractivity contribution is -0.142. The highest BCUT2D eigenvalue weighted by Crippen LogP contribution is 2.31. The van der Waals surface area contributed by atoms with Gasteiger partial charge in [-0.15, -0.1) is 0 Å². The van der Waals surface area contributed by atoms with Crippen molar-refractivity contribution < 1.29 is 14.3 Å². The Labute approximate surface area is 114 Å². The van der Waals surface area contributed by atoms with E-state index >= 15 is 0 Å². The number of alkyl halides is 1. The quantitative estimate of drug-likeness (QED) is 0.616. The van der Waals surface area contributed by atoms with Crippen molar-refractivity contribution in [1.82, 2.24) is 0 Å². The molecule has 0 aliphatic rings. The molecule has 0 aliphatic carbocycles. The number of benzene rings is 1. The molecule has 0 bridgehead atoms. The van der Waals surface area contributed by atoms with Crippen LogP contribution in [0.4, 0.5) is 0 Å². The minimum absolute atomic E-state index is 0.164. The van der Waals surface area contributed by atoms with Gasteiger partial charge in [-0.3, -0.25) is 4.79 Å². The van der Waals surface area contributed by atoms with Crippen LogP contribution in [0.1, 0.15) is 18.1 Å². The summed E-state index contributed by atoms with van der Waals surface area (Å²) in [6, 6.07) is 3.69. The Morgan fingerprint density at radius 3 is 2.71 bits per heavy atom. The van der Waals surface area contributed by atoms with Crippen LogP contribution in [0.15, 0.2) is 12.1 Å². The largest absolute Gasteiger partial charge is 0.495 e. The molecule has 0 amide bonds. The Bertz CT molecular complexity index is 407. The van der Waals surface area contributed by atoms with E-state index in [0.717, 1.165) is 11.1 Å². The highest BCUT2D eigenvalue weighted by Gasteiger charge is 2.14. The third-order valence-corrected chi connectivity index (χ3v) is 3.11. The van der Waals surface area contributed by atoms with Gasteiger partial charge in [0.05, 0.1) is 25.2 Å². The van der Waals surface area contributed by atoms with E-state index in [1.165, 1.54) is 7.11 Å². The molecule has 0 aromatic heterocycles. The molecule has 1 aromatic rings. The zero-order valence-corrected chi connectivity index (χ0v) is 12.1. The van der Waals surface area contributed by atoms with E-state index in [1.807, 2.05) is 12.1 Å². The summed E-state index contributed by atoms with van der Waals surface area (Å²) in [5.74, 6) is 0.248. The number of halogens is 2. The maximum Gasteiger partial charge on any atom is 0.310 e. The molecule has 0 radical (unpaired) electrons. The molecule has 0 unspecified atom stereocenters. The normalized spacial score (nSPS) is 10.1. The Balaban J connectivity index is 3.02. The van der Waals surface area contributed by atoms with E-state index in [2.05, 4.69) is 15.9 Å². The van der Waals surface area contributed by atoms with Crippen molar-refractivity contribution in [2.75, 3.05) is 13.7 Å². The third kappa shape index (κ3) is 3.89. The summed E-state index contributed by atoms with van der Waals surface area (Å²) in [6.07, 6.45) is 0.164. The van der Waals surface area contributed by atoms with Crippen LogP contribution >= 0.6 is 27.5 Å². The van der Waals surface area contributed by atoms with Gasteiger partial charge in [-0.2, -0.15) is 0 Å². The second-order valence-electron chi connectivity index (χ2n) is 3.39. The topological polar surface area (TPSA) is 35.5 Å². The fraction of sp³-hybridized carbons (Fsp3) is 0.417. The number of carbonyl (C=O) groups is 1. The lowest BCUT2D eigenvalue weighted by atomic mass is 10.1. The zero-order chi connectivity index (χ0) is 12.8. The molecule has 0 N–H and O–H groups in total. The van der Waals surface area contributed by atoms with Gasteiger partial charge in [-0.1, -0.05) is 33.6 Å². The lowest BCUT2D eigenvalue weighted by Crippen LogP contribution is -2.09. The first kappa shape index (κ1) is 14.3. The summed E-state index contributed by atoms with van der Waals surface area (Å²) in [5.41, 5.74) is 1.74. The van der Waals surface area contributed by atoms with E-state index in [-0.39, 0.29) is 12.4 Å². The Morgan fingerprint density at radius 2 is 2.18 bits per heavy atom. The van der Waals surface area contributed by atoms with Crippen molar-refractivity contribution in [2.45, 2.75) is 18.7 Å². The first-order valence-electron chi connectivity index (χ1n) is 5.19. The smallest absolute Gasteiger partial charge is 0.310 e. The molecule has 17 heavy (non-hydrogen) atoms. The number of esters is 1. The Morgan fingerprint density at radius 1 is 1.47 bits per heavy atom. The zero-order valence-electron chi connectivity index (χ0n) is 9.76. The number of methoxy groups -OCH3 is 1. The molecule has 1 aromatic carbocycles. The van der Waals surface area contributed by atoms with Gasteiger partial charge < -0.3 is 9.47 Å². The first-order chi connectivity index (χ1) is 8.12. The van der Waals surface area contributed by atoms with Crippen molar-refractivity contribution in [1.29, 1.82) is 0 Å². The summed E-state index contributed by atoms with van der Waals surface area (Å²) in [7, 11) is 1.53. The van der Waals surface area contributed by atoms with Gasteiger partial charge in [0.25, 0.3) is 0 Å².